The molecule has 1 fully saturated rings. The molecule has 1 heterocycles. The van der Waals surface area contributed by atoms with E-state index in [-0.39, 0.29) is 19.3 Å². The van der Waals surface area contributed by atoms with Crippen LogP contribution < -0.4 is 5.32 Å². The topological polar surface area (TPSA) is 50.9 Å². The van der Waals surface area contributed by atoms with Gasteiger partial charge in [-0.3, -0.25) is 0 Å². The zero-order chi connectivity index (χ0) is 12.9. The van der Waals surface area contributed by atoms with E-state index >= 15 is 0 Å². The predicted molar refractivity (Wildman–Crippen MR) is 63.5 cm³/mol. The van der Waals surface area contributed by atoms with E-state index in [2.05, 4.69) is 10.1 Å². The number of amides is 1. The maximum absolute atomic E-state index is 13.2. The molecule has 2 atom stereocenters. The Morgan fingerprint density at radius 3 is 2.76 bits per heavy atom. The average molecular weight is 309 g/mol. The molecule has 0 bridgehead atoms. The molecule has 100 valence electrons. The van der Waals surface area contributed by atoms with Crippen LogP contribution >= 0.6 is 34.8 Å². The van der Waals surface area contributed by atoms with E-state index in [4.69, 9.17) is 39.5 Å². The molecule has 1 saturated heterocycles. The molecule has 0 aromatic carbocycles. The first-order valence-electron chi connectivity index (χ1n) is 5.10. The second kappa shape index (κ2) is 6.83. The first-order valence-corrected chi connectivity index (χ1v) is 6.23. The second-order valence-electron chi connectivity index (χ2n) is 3.70. The van der Waals surface area contributed by atoms with Gasteiger partial charge in [-0.05, 0) is 12.8 Å². The van der Waals surface area contributed by atoms with Gasteiger partial charge in [0.2, 0.25) is 3.79 Å². The van der Waals surface area contributed by atoms with Gasteiger partial charge in [0.15, 0.2) is 0 Å². The maximum Gasteiger partial charge on any atom is 0.407 e. The quantitative estimate of drug-likeness (QED) is 0.606. The molecule has 1 N–H and O–H groups in total. The molecule has 1 rings (SSSR count). The van der Waals surface area contributed by atoms with Crippen LogP contribution in [0, 0.1) is 0 Å². The molecular formula is C9H13Cl3FNO3. The number of hydrogen-bond acceptors (Lipinski definition) is 3. The Kier molecular flexibility index (Phi) is 6.06. The van der Waals surface area contributed by atoms with Crippen molar-refractivity contribution in [1.29, 1.82) is 0 Å². The third-order valence-electron chi connectivity index (χ3n) is 2.04. The van der Waals surface area contributed by atoms with Crippen LogP contribution in [0.2, 0.25) is 0 Å². The summed E-state index contributed by atoms with van der Waals surface area (Å²) < 4.78 is 21.1. The Hall–Kier alpha value is 0.0300. The summed E-state index contributed by atoms with van der Waals surface area (Å²) in [6.45, 7) is 0.202. The first kappa shape index (κ1) is 15.1. The van der Waals surface area contributed by atoms with Gasteiger partial charge in [-0.2, -0.15) is 0 Å². The van der Waals surface area contributed by atoms with Gasteiger partial charge in [-0.25, -0.2) is 9.18 Å². The Bertz CT molecular complexity index is 258. The zero-order valence-corrected chi connectivity index (χ0v) is 11.2. The van der Waals surface area contributed by atoms with Crippen molar-refractivity contribution >= 4 is 40.9 Å². The highest BCUT2D eigenvalue weighted by Crippen LogP contribution is 2.25. The van der Waals surface area contributed by atoms with E-state index in [9.17, 15) is 9.18 Å². The van der Waals surface area contributed by atoms with Crippen molar-refractivity contribution in [1.82, 2.24) is 5.32 Å². The summed E-state index contributed by atoms with van der Waals surface area (Å²) in [5.41, 5.74) is 0. The molecule has 1 aliphatic rings. The van der Waals surface area contributed by atoms with Crippen LogP contribution in [-0.4, -0.2) is 41.9 Å². The maximum atomic E-state index is 13.2. The third kappa shape index (κ3) is 8.71. The van der Waals surface area contributed by atoms with E-state index in [0.717, 1.165) is 0 Å². The zero-order valence-electron chi connectivity index (χ0n) is 8.93. The first-order chi connectivity index (χ1) is 7.87. The van der Waals surface area contributed by atoms with Gasteiger partial charge >= 0.3 is 6.09 Å². The summed E-state index contributed by atoms with van der Waals surface area (Å²) >= 11 is 16.1. The van der Waals surface area contributed by atoms with Gasteiger partial charge in [0.1, 0.15) is 12.8 Å². The minimum Gasteiger partial charge on any atom is -0.445 e. The number of rotatable bonds is 6. The molecule has 0 aromatic heterocycles. The van der Waals surface area contributed by atoms with Crippen molar-refractivity contribution in [2.45, 2.75) is 28.9 Å². The van der Waals surface area contributed by atoms with Gasteiger partial charge in [-0.15, -0.1) is 0 Å². The van der Waals surface area contributed by atoms with Crippen LogP contribution in [0.4, 0.5) is 9.18 Å². The number of carbonyl (C=O) groups is 1. The van der Waals surface area contributed by atoms with Gasteiger partial charge in [-0.1, -0.05) is 34.8 Å². The minimum absolute atomic E-state index is 0.120. The lowest BCUT2D eigenvalue weighted by atomic mass is 10.2. The number of halogens is 4. The van der Waals surface area contributed by atoms with Crippen LogP contribution in [-0.2, 0) is 9.47 Å². The lowest BCUT2D eigenvalue weighted by Crippen LogP contribution is -2.32. The molecule has 1 amide bonds. The highest BCUT2D eigenvalue weighted by atomic mass is 35.6. The fraction of sp³-hybridized carbons (Fsp3) is 0.889. The summed E-state index contributed by atoms with van der Waals surface area (Å²) in [6.07, 6.45) is -0.743. The van der Waals surface area contributed by atoms with Crippen LogP contribution in [0.25, 0.3) is 0 Å². The molecule has 17 heavy (non-hydrogen) atoms. The number of ether oxygens (including phenoxy) is 2. The molecule has 0 saturated carbocycles. The molecule has 0 aliphatic carbocycles. The fourth-order valence-corrected chi connectivity index (χ4v) is 1.26. The van der Waals surface area contributed by atoms with Crippen molar-refractivity contribution in [3.63, 3.8) is 0 Å². The molecule has 4 nitrogen and oxygen atoms in total. The monoisotopic (exact) mass is 307 g/mol. The van der Waals surface area contributed by atoms with Crippen molar-refractivity contribution in [3.8, 4) is 0 Å². The number of hydrogen-bond donors (Lipinski definition) is 1. The van der Waals surface area contributed by atoms with E-state index in [1.54, 1.807) is 0 Å². The van der Waals surface area contributed by atoms with E-state index in [1.165, 1.54) is 0 Å². The minimum atomic E-state index is -1.66. The lowest BCUT2D eigenvalue weighted by molar-refractivity contribution is 0.144. The predicted octanol–water partition coefficient (Wildman–Crippen LogP) is 2.60. The normalized spacial score (nSPS) is 20.8. The van der Waals surface area contributed by atoms with Crippen molar-refractivity contribution in [3.05, 3.63) is 0 Å². The third-order valence-corrected chi connectivity index (χ3v) is 2.37. The summed E-state index contributed by atoms with van der Waals surface area (Å²) in [5, 5.41) is 2.25. The summed E-state index contributed by atoms with van der Waals surface area (Å²) in [7, 11) is 0. The van der Waals surface area contributed by atoms with Crippen molar-refractivity contribution in [2.75, 3.05) is 19.8 Å². The number of alkyl halides is 4. The molecule has 0 spiro atoms. The van der Waals surface area contributed by atoms with Crippen LogP contribution in [0.1, 0.15) is 12.8 Å². The van der Waals surface area contributed by atoms with E-state index < -0.39 is 16.1 Å². The van der Waals surface area contributed by atoms with Gasteiger partial charge in [0.25, 0.3) is 0 Å². The highest BCUT2D eigenvalue weighted by Gasteiger charge is 2.24. The molecule has 0 radical (unpaired) electrons. The molecule has 8 heteroatoms. The molecular weight excluding hydrogens is 295 g/mol. The van der Waals surface area contributed by atoms with Crippen molar-refractivity contribution in [2.24, 2.45) is 0 Å². The smallest absolute Gasteiger partial charge is 0.407 e. The Morgan fingerprint density at radius 1 is 1.59 bits per heavy atom. The Labute approximate surface area is 114 Å². The fourth-order valence-electron chi connectivity index (χ4n) is 1.10. The van der Waals surface area contributed by atoms with Gasteiger partial charge < -0.3 is 14.8 Å². The Balaban J connectivity index is 2.01. The number of nitrogens with one attached hydrogen (secondary N) is 1. The highest BCUT2D eigenvalue weighted by molar-refractivity contribution is 6.67. The largest absolute Gasteiger partial charge is 0.445 e. The molecule has 1 unspecified atom stereocenters. The van der Waals surface area contributed by atoms with Crippen LogP contribution in [0.3, 0.4) is 0 Å². The summed E-state index contributed by atoms with van der Waals surface area (Å²) in [6, 6.07) is 0. The number of epoxide rings is 1. The SMILES string of the molecule is O=C(NC[C@@H](F)CCC1CO1)OCC(Cl)(Cl)Cl. The number of carbonyl (C=O) groups excluding carboxylic acids is 1. The Morgan fingerprint density at radius 2 is 2.24 bits per heavy atom. The van der Waals surface area contributed by atoms with E-state index in [1.807, 2.05) is 0 Å². The summed E-state index contributed by atoms with van der Waals surface area (Å²) in [5.74, 6) is 0. The van der Waals surface area contributed by atoms with Crippen LogP contribution in [0.15, 0.2) is 0 Å². The number of alkyl carbamates (subject to hydrolysis) is 1. The van der Waals surface area contributed by atoms with Gasteiger partial charge in [0.05, 0.1) is 19.3 Å². The average Bonchev–Trinajstić information content (AvgIpc) is 3.03. The lowest BCUT2D eigenvalue weighted by Gasteiger charge is -2.13. The standard InChI is InChI=1S/C9H13Cl3FNO3/c10-9(11,12)5-17-8(15)14-3-6(13)1-2-7-4-16-7/h6-7H,1-5H2,(H,14,15)/t6-,7?/m0/s1. The van der Waals surface area contributed by atoms with Crippen molar-refractivity contribution < 1.29 is 18.7 Å². The summed E-state index contributed by atoms with van der Waals surface area (Å²) in [4.78, 5) is 11.0. The van der Waals surface area contributed by atoms with E-state index in [0.29, 0.717) is 19.4 Å². The second-order valence-corrected chi connectivity index (χ2v) is 6.22. The van der Waals surface area contributed by atoms with Gasteiger partial charge in [0, 0.05) is 0 Å². The van der Waals surface area contributed by atoms with Crippen LogP contribution in [0.5, 0.6) is 0 Å². The molecule has 0 aromatic rings. The molecule has 1 aliphatic heterocycles.